The second kappa shape index (κ2) is 4.60. The number of hydrogen-bond acceptors (Lipinski definition) is 3. The summed E-state index contributed by atoms with van der Waals surface area (Å²) in [5.74, 6) is -0.179. The summed E-state index contributed by atoms with van der Waals surface area (Å²) in [6, 6.07) is 0. The third kappa shape index (κ3) is 4.26. The maximum Gasteiger partial charge on any atom is 0.235 e. The minimum absolute atomic E-state index is 0.158. The molecule has 0 unspecified atom stereocenters. The minimum Gasteiger partial charge on any atom is -0.274 e. The van der Waals surface area contributed by atoms with Crippen molar-refractivity contribution < 1.29 is 13.2 Å². The number of carbonyl (C=O) groups is 1. The average Bonchev–Trinajstić information content (AvgIpc) is 1.96. The quantitative estimate of drug-likeness (QED) is 0.686. The molecule has 1 amide bonds. The first-order chi connectivity index (χ1) is 5.79. The van der Waals surface area contributed by atoms with Crippen LogP contribution in [0, 0.1) is 5.92 Å². The first kappa shape index (κ1) is 12.4. The Morgan fingerprint density at radius 1 is 1.38 bits per heavy atom. The van der Waals surface area contributed by atoms with Gasteiger partial charge in [0.05, 0.1) is 6.26 Å². The third-order valence-electron chi connectivity index (χ3n) is 1.51. The number of nitrogens with zero attached hydrogens (tertiary/aromatic N) is 1. The summed E-state index contributed by atoms with van der Waals surface area (Å²) in [6.45, 7) is 5.68. The Hall–Kier alpha value is -0.580. The van der Waals surface area contributed by atoms with Gasteiger partial charge >= 0.3 is 0 Å². The fraction of sp³-hybridized carbons (Fsp3) is 0.875. The van der Waals surface area contributed by atoms with E-state index in [4.69, 9.17) is 0 Å². The molecule has 4 nitrogen and oxygen atoms in total. The summed E-state index contributed by atoms with van der Waals surface area (Å²) in [6.07, 6.45) is 1.28. The van der Waals surface area contributed by atoms with Crippen molar-refractivity contribution in [3.8, 4) is 0 Å². The van der Waals surface area contributed by atoms with Gasteiger partial charge in [-0.05, 0) is 5.92 Å². The van der Waals surface area contributed by atoms with Gasteiger partial charge in [0.15, 0.2) is 0 Å². The number of amides is 1. The van der Waals surface area contributed by atoms with E-state index in [9.17, 15) is 13.2 Å². The Balaban J connectivity index is 4.67. The molecule has 0 saturated heterocycles. The summed E-state index contributed by atoms with van der Waals surface area (Å²) in [7, 11) is -3.39. The number of rotatable bonds is 4. The van der Waals surface area contributed by atoms with Gasteiger partial charge in [0.2, 0.25) is 15.9 Å². The molecule has 0 spiro atoms. The maximum absolute atomic E-state index is 11.2. The lowest BCUT2D eigenvalue weighted by Gasteiger charge is -2.21. The molecular formula is C8H17NO3S. The molecular weight excluding hydrogens is 190 g/mol. The fourth-order valence-corrected chi connectivity index (χ4v) is 2.00. The van der Waals surface area contributed by atoms with Crippen LogP contribution in [0.3, 0.4) is 0 Å². The molecule has 0 atom stereocenters. The molecule has 0 fully saturated rings. The molecule has 0 aliphatic rings. The highest BCUT2D eigenvalue weighted by molar-refractivity contribution is 7.88. The molecule has 0 saturated carbocycles. The molecule has 0 radical (unpaired) electrons. The van der Waals surface area contributed by atoms with Crippen LogP contribution < -0.4 is 0 Å². The monoisotopic (exact) mass is 207 g/mol. The SMILES string of the molecule is CCC(=O)N(CC(C)C)S(C)(=O)=O. The highest BCUT2D eigenvalue weighted by Crippen LogP contribution is 2.06. The van der Waals surface area contributed by atoms with Crippen LogP contribution in [0.2, 0.25) is 0 Å². The number of carbonyl (C=O) groups excluding carboxylic acids is 1. The van der Waals surface area contributed by atoms with Crippen molar-refractivity contribution in [2.75, 3.05) is 12.8 Å². The van der Waals surface area contributed by atoms with Gasteiger partial charge in [-0.1, -0.05) is 20.8 Å². The summed E-state index contributed by atoms with van der Waals surface area (Å²) >= 11 is 0. The normalized spacial score (nSPS) is 11.8. The molecule has 13 heavy (non-hydrogen) atoms. The molecule has 5 heteroatoms. The van der Waals surface area contributed by atoms with Crippen LogP contribution in [0.15, 0.2) is 0 Å². The van der Waals surface area contributed by atoms with E-state index < -0.39 is 10.0 Å². The van der Waals surface area contributed by atoms with E-state index in [0.29, 0.717) is 0 Å². The van der Waals surface area contributed by atoms with E-state index in [0.717, 1.165) is 10.6 Å². The Labute approximate surface area is 80.0 Å². The Bertz CT molecular complexity index is 269. The van der Waals surface area contributed by atoms with E-state index in [1.165, 1.54) is 0 Å². The van der Waals surface area contributed by atoms with E-state index in [2.05, 4.69) is 0 Å². The van der Waals surface area contributed by atoms with Crippen LogP contribution in [0.1, 0.15) is 27.2 Å². The molecule has 0 aliphatic heterocycles. The molecule has 0 heterocycles. The summed E-state index contributed by atoms with van der Waals surface area (Å²) in [4.78, 5) is 11.2. The summed E-state index contributed by atoms with van der Waals surface area (Å²) < 4.78 is 23.3. The second-order valence-corrected chi connectivity index (χ2v) is 5.34. The van der Waals surface area contributed by atoms with Crippen LogP contribution >= 0.6 is 0 Å². The lowest BCUT2D eigenvalue weighted by Crippen LogP contribution is -2.38. The predicted octanol–water partition coefficient (Wildman–Crippen LogP) is 0.841. The van der Waals surface area contributed by atoms with E-state index in [1.807, 2.05) is 13.8 Å². The van der Waals surface area contributed by atoms with Gasteiger partial charge in [-0.2, -0.15) is 0 Å². The second-order valence-electron chi connectivity index (χ2n) is 3.44. The largest absolute Gasteiger partial charge is 0.274 e. The van der Waals surface area contributed by atoms with Gasteiger partial charge in [-0.3, -0.25) is 4.79 Å². The van der Waals surface area contributed by atoms with E-state index in [-0.39, 0.29) is 24.8 Å². The van der Waals surface area contributed by atoms with Crippen molar-refractivity contribution in [2.45, 2.75) is 27.2 Å². The fourth-order valence-electron chi connectivity index (χ4n) is 0.930. The van der Waals surface area contributed by atoms with Crippen molar-refractivity contribution in [2.24, 2.45) is 5.92 Å². The molecule has 0 N–H and O–H groups in total. The zero-order valence-electron chi connectivity index (χ0n) is 8.57. The maximum atomic E-state index is 11.2. The lowest BCUT2D eigenvalue weighted by atomic mass is 10.2. The topological polar surface area (TPSA) is 54.5 Å². The van der Waals surface area contributed by atoms with Gasteiger partial charge in [0, 0.05) is 13.0 Å². The van der Waals surface area contributed by atoms with Crippen LogP contribution in [0.5, 0.6) is 0 Å². The lowest BCUT2D eigenvalue weighted by molar-refractivity contribution is -0.126. The van der Waals surface area contributed by atoms with E-state index >= 15 is 0 Å². The van der Waals surface area contributed by atoms with E-state index in [1.54, 1.807) is 6.92 Å². The highest BCUT2D eigenvalue weighted by Gasteiger charge is 2.21. The standard InChI is InChI=1S/C8H17NO3S/c1-5-8(10)9(6-7(2)3)13(4,11)12/h7H,5-6H2,1-4H3. The van der Waals surface area contributed by atoms with Crippen molar-refractivity contribution in [1.82, 2.24) is 4.31 Å². The summed E-state index contributed by atoms with van der Waals surface area (Å²) in [5.41, 5.74) is 0. The molecule has 0 rings (SSSR count). The zero-order valence-corrected chi connectivity index (χ0v) is 9.39. The molecule has 78 valence electrons. The third-order valence-corrected chi connectivity index (χ3v) is 2.67. The van der Waals surface area contributed by atoms with Crippen LogP contribution in [0.25, 0.3) is 0 Å². The molecule has 0 aromatic rings. The van der Waals surface area contributed by atoms with Gasteiger partial charge in [0.25, 0.3) is 0 Å². The minimum atomic E-state index is -3.39. The number of sulfonamides is 1. The van der Waals surface area contributed by atoms with Crippen LogP contribution in [0.4, 0.5) is 0 Å². The van der Waals surface area contributed by atoms with Gasteiger partial charge in [0.1, 0.15) is 0 Å². The molecule has 0 bridgehead atoms. The van der Waals surface area contributed by atoms with Crippen molar-refractivity contribution >= 4 is 15.9 Å². The number of hydrogen-bond donors (Lipinski definition) is 0. The van der Waals surface area contributed by atoms with Crippen molar-refractivity contribution in [3.05, 3.63) is 0 Å². The highest BCUT2D eigenvalue weighted by atomic mass is 32.2. The van der Waals surface area contributed by atoms with Gasteiger partial charge in [-0.15, -0.1) is 0 Å². The molecule has 0 aliphatic carbocycles. The summed E-state index contributed by atoms with van der Waals surface area (Å²) in [5, 5.41) is 0. The van der Waals surface area contributed by atoms with Gasteiger partial charge < -0.3 is 0 Å². The molecule has 0 aromatic heterocycles. The Morgan fingerprint density at radius 2 is 1.85 bits per heavy atom. The average molecular weight is 207 g/mol. The Kier molecular flexibility index (Phi) is 4.39. The first-order valence-corrected chi connectivity index (χ1v) is 6.14. The van der Waals surface area contributed by atoms with Crippen molar-refractivity contribution in [1.29, 1.82) is 0 Å². The zero-order chi connectivity index (χ0) is 10.6. The van der Waals surface area contributed by atoms with Crippen LogP contribution in [-0.4, -0.2) is 31.4 Å². The van der Waals surface area contributed by atoms with Gasteiger partial charge in [-0.25, -0.2) is 12.7 Å². The Morgan fingerprint density at radius 3 is 2.08 bits per heavy atom. The van der Waals surface area contributed by atoms with Crippen LogP contribution in [-0.2, 0) is 14.8 Å². The van der Waals surface area contributed by atoms with Crippen molar-refractivity contribution in [3.63, 3.8) is 0 Å². The smallest absolute Gasteiger partial charge is 0.235 e. The predicted molar refractivity (Wildman–Crippen MR) is 51.7 cm³/mol. The first-order valence-electron chi connectivity index (χ1n) is 4.29. The molecule has 0 aromatic carbocycles.